The number of aliphatic imine (C=N–C) groups is 1. The van der Waals surface area contributed by atoms with E-state index in [9.17, 15) is 45.3 Å². The van der Waals surface area contributed by atoms with E-state index >= 15 is 0 Å². The molecule has 0 radical (unpaired) electrons. The van der Waals surface area contributed by atoms with Crippen LogP contribution in [0.15, 0.2) is 4.99 Å². The molecule has 0 fully saturated rings. The lowest BCUT2D eigenvalue weighted by atomic mass is 9.96. The Bertz CT molecular complexity index is 1060. The summed E-state index contributed by atoms with van der Waals surface area (Å²) >= 11 is 0. The molecule has 0 aliphatic carbocycles. The summed E-state index contributed by atoms with van der Waals surface area (Å²) in [6.07, 6.45) is -5.09. The zero-order valence-corrected chi connectivity index (χ0v) is 16.4. The first-order chi connectivity index (χ1) is 14.9. The molecule has 0 spiro atoms. The van der Waals surface area contributed by atoms with Crippen LogP contribution in [0.2, 0.25) is 0 Å². The van der Waals surface area contributed by atoms with Crippen molar-refractivity contribution in [3.63, 3.8) is 0 Å². The number of rotatable bonds is 4. The second kappa shape index (κ2) is 8.66. The van der Waals surface area contributed by atoms with E-state index in [0.29, 0.717) is 0 Å². The Hall–Kier alpha value is -2.73. The molecular weight excluding hydrogens is 454 g/mol. The van der Waals surface area contributed by atoms with E-state index < -0.39 is 106 Å². The van der Waals surface area contributed by atoms with Crippen molar-refractivity contribution in [1.29, 1.82) is 0 Å². The summed E-state index contributed by atoms with van der Waals surface area (Å²) in [5.74, 6) is -15.7. The lowest BCUT2D eigenvalue weighted by Gasteiger charge is -2.27. The van der Waals surface area contributed by atoms with Gasteiger partial charge in [0, 0.05) is 24.0 Å². The molecule has 0 aromatic heterocycles. The van der Waals surface area contributed by atoms with Gasteiger partial charge in [-0.2, -0.15) is 0 Å². The van der Waals surface area contributed by atoms with Crippen LogP contribution in [0.1, 0.15) is 41.2 Å². The molecule has 1 aliphatic rings. The lowest BCUT2D eigenvalue weighted by Crippen LogP contribution is -2.32. The largest absolute Gasteiger partial charge is 0.448 e. The molecule has 12 heteroatoms. The van der Waals surface area contributed by atoms with Crippen molar-refractivity contribution < 1.29 is 50.1 Å². The summed E-state index contributed by atoms with van der Waals surface area (Å²) in [5.41, 5.74) is -4.24. The molecule has 4 nitrogen and oxygen atoms in total. The van der Waals surface area contributed by atoms with Gasteiger partial charge in [0.05, 0.1) is 17.7 Å². The van der Waals surface area contributed by atoms with Gasteiger partial charge in [0.2, 0.25) is 12.2 Å². The van der Waals surface area contributed by atoms with E-state index in [1.807, 2.05) is 0 Å². The molecule has 0 saturated carbocycles. The SMILES string of the molecule is Cc1c(F)c(F)c(F)c(C2=NC(CC(O)c3c(F)c(C)c(F)c(F)c3F)CC(O)O2)c1F. The number of nitrogens with zero attached hydrogens (tertiary/aromatic N) is 1. The molecule has 2 aromatic carbocycles. The molecule has 1 heterocycles. The smallest absolute Gasteiger partial charge is 0.224 e. The highest BCUT2D eigenvalue weighted by Crippen LogP contribution is 2.33. The molecule has 3 atom stereocenters. The van der Waals surface area contributed by atoms with Gasteiger partial charge in [-0.15, -0.1) is 0 Å². The molecule has 2 aromatic rings. The first kappa shape index (κ1) is 23.9. The summed E-state index contributed by atoms with van der Waals surface area (Å²) < 4.78 is 116. The van der Waals surface area contributed by atoms with Gasteiger partial charge in [-0.3, -0.25) is 0 Å². The maximum absolute atomic E-state index is 14.4. The third-order valence-electron chi connectivity index (χ3n) is 5.06. The highest BCUT2D eigenvalue weighted by Gasteiger charge is 2.35. The van der Waals surface area contributed by atoms with Crippen LogP contribution in [-0.4, -0.2) is 28.4 Å². The van der Waals surface area contributed by atoms with Crippen molar-refractivity contribution in [2.45, 2.75) is 45.1 Å². The molecule has 174 valence electrons. The van der Waals surface area contributed by atoms with Gasteiger partial charge in [0.25, 0.3) is 0 Å². The molecule has 2 N–H and O–H groups in total. The Morgan fingerprint density at radius 3 is 1.94 bits per heavy atom. The molecule has 0 bridgehead atoms. The zero-order chi connectivity index (χ0) is 24.1. The van der Waals surface area contributed by atoms with Gasteiger partial charge in [-0.25, -0.2) is 40.1 Å². The highest BCUT2D eigenvalue weighted by atomic mass is 19.2. The Kier molecular flexibility index (Phi) is 6.47. The molecule has 0 saturated heterocycles. The van der Waals surface area contributed by atoms with E-state index in [1.165, 1.54) is 0 Å². The Balaban J connectivity index is 2.01. The third kappa shape index (κ3) is 3.92. The van der Waals surface area contributed by atoms with Crippen LogP contribution in [-0.2, 0) is 4.74 Å². The average molecular weight is 469 g/mol. The first-order valence-electron chi connectivity index (χ1n) is 9.12. The van der Waals surface area contributed by atoms with Crippen LogP contribution in [0, 0.1) is 60.4 Å². The summed E-state index contributed by atoms with van der Waals surface area (Å²) in [7, 11) is 0. The average Bonchev–Trinajstić information content (AvgIpc) is 2.73. The minimum atomic E-state index is -2.12. The van der Waals surface area contributed by atoms with Crippen LogP contribution in [0.3, 0.4) is 0 Å². The van der Waals surface area contributed by atoms with Crippen molar-refractivity contribution in [2.75, 3.05) is 0 Å². The van der Waals surface area contributed by atoms with Crippen LogP contribution in [0.5, 0.6) is 0 Å². The van der Waals surface area contributed by atoms with Gasteiger partial charge in [0.1, 0.15) is 17.2 Å². The standard InChI is InChI=1S/C20H15F8NO3/c1-5-12(21)10(16(25)18(27)14(5)23)8(30)3-7-4-9(31)32-20(29-7)11-13(22)6(2)15(24)19(28)17(11)26/h7-9,30-31H,3-4H2,1-2H3. The number of hydrogen-bond acceptors (Lipinski definition) is 4. The van der Waals surface area contributed by atoms with Crippen molar-refractivity contribution >= 4 is 5.90 Å². The topological polar surface area (TPSA) is 62.1 Å². The van der Waals surface area contributed by atoms with E-state index in [0.717, 1.165) is 13.8 Å². The minimum absolute atomic E-state index is 0.446. The second-order valence-electron chi connectivity index (χ2n) is 7.20. The molecule has 3 unspecified atom stereocenters. The summed E-state index contributed by atoms with van der Waals surface area (Å²) in [5, 5.41) is 20.1. The normalized spacial score (nSPS) is 19.6. The minimum Gasteiger partial charge on any atom is -0.448 e. The quantitative estimate of drug-likeness (QED) is 0.397. The summed E-state index contributed by atoms with van der Waals surface area (Å²) in [4.78, 5) is 3.72. The summed E-state index contributed by atoms with van der Waals surface area (Å²) in [6.45, 7) is 1.63. The Morgan fingerprint density at radius 2 is 1.34 bits per heavy atom. The van der Waals surface area contributed by atoms with Gasteiger partial charge >= 0.3 is 0 Å². The van der Waals surface area contributed by atoms with Crippen molar-refractivity contribution in [2.24, 2.45) is 4.99 Å². The first-order valence-corrected chi connectivity index (χ1v) is 9.12. The Labute approximate surface area is 175 Å². The molecule has 0 amide bonds. The van der Waals surface area contributed by atoms with Gasteiger partial charge < -0.3 is 14.9 Å². The summed E-state index contributed by atoms with van der Waals surface area (Å²) in [6, 6.07) is -1.32. The van der Waals surface area contributed by atoms with Gasteiger partial charge in [-0.1, -0.05) is 0 Å². The van der Waals surface area contributed by atoms with E-state index in [-0.39, 0.29) is 0 Å². The Morgan fingerprint density at radius 1 is 0.812 bits per heavy atom. The number of benzene rings is 2. The van der Waals surface area contributed by atoms with Crippen LogP contribution in [0.4, 0.5) is 35.1 Å². The molecule has 1 aliphatic heterocycles. The lowest BCUT2D eigenvalue weighted by molar-refractivity contribution is -0.0498. The molecular formula is C20H15F8NO3. The van der Waals surface area contributed by atoms with Crippen molar-refractivity contribution in [3.05, 3.63) is 68.8 Å². The van der Waals surface area contributed by atoms with E-state index in [4.69, 9.17) is 4.74 Å². The van der Waals surface area contributed by atoms with Crippen molar-refractivity contribution in [1.82, 2.24) is 0 Å². The maximum Gasteiger partial charge on any atom is 0.224 e. The molecule has 3 rings (SSSR count). The van der Waals surface area contributed by atoms with Gasteiger partial charge in [-0.05, 0) is 13.8 Å². The van der Waals surface area contributed by atoms with Gasteiger partial charge in [0.15, 0.2) is 34.9 Å². The predicted molar refractivity (Wildman–Crippen MR) is 93.6 cm³/mol. The fourth-order valence-corrected chi connectivity index (χ4v) is 3.31. The van der Waals surface area contributed by atoms with Crippen molar-refractivity contribution in [3.8, 4) is 0 Å². The van der Waals surface area contributed by atoms with Crippen LogP contribution < -0.4 is 0 Å². The van der Waals surface area contributed by atoms with Crippen LogP contribution >= 0.6 is 0 Å². The number of ether oxygens (including phenoxy) is 1. The number of halogens is 8. The fraction of sp³-hybridized carbons (Fsp3) is 0.350. The second-order valence-corrected chi connectivity index (χ2v) is 7.20. The number of aliphatic hydroxyl groups excluding tert-OH is 2. The van der Waals surface area contributed by atoms with E-state index in [1.54, 1.807) is 0 Å². The van der Waals surface area contributed by atoms with Crippen LogP contribution in [0.25, 0.3) is 0 Å². The predicted octanol–water partition coefficient (Wildman–Crippen LogP) is 4.39. The highest BCUT2D eigenvalue weighted by molar-refractivity contribution is 5.95. The maximum atomic E-state index is 14.4. The monoisotopic (exact) mass is 469 g/mol. The third-order valence-corrected chi connectivity index (χ3v) is 5.06. The number of hydrogen-bond donors (Lipinski definition) is 2. The van der Waals surface area contributed by atoms with E-state index in [2.05, 4.69) is 4.99 Å². The number of aliphatic hydroxyl groups is 2. The fourth-order valence-electron chi connectivity index (χ4n) is 3.31. The molecule has 32 heavy (non-hydrogen) atoms. The zero-order valence-electron chi connectivity index (χ0n) is 16.4.